The number of rotatable bonds is 1. The highest BCUT2D eigenvalue weighted by molar-refractivity contribution is 6.31. The van der Waals surface area contributed by atoms with Crippen LogP contribution in [0, 0.1) is 17.5 Å². The van der Waals surface area contributed by atoms with Gasteiger partial charge in [0.1, 0.15) is 10.8 Å². The molecule has 1 aliphatic rings. The second-order valence-electron chi connectivity index (χ2n) is 3.58. The lowest BCUT2D eigenvalue weighted by Crippen LogP contribution is -2.10. The van der Waals surface area contributed by atoms with Gasteiger partial charge in [-0.25, -0.2) is 13.2 Å². The van der Waals surface area contributed by atoms with Gasteiger partial charge in [0, 0.05) is 12.5 Å². The molecule has 2 rings (SSSR count). The molecule has 5 heteroatoms. The van der Waals surface area contributed by atoms with Crippen molar-refractivity contribution < 1.29 is 13.2 Å². The summed E-state index contributed by atoms with van der Waals surface area (Å²) in [5.74, 6) is -3.38. The molecule has 1 heterocycles. The van der Waals surface area contributed by atoms with Gasteiger partial charge >= 0.3 is 0 Å². The molecule has 0 spiro atoms. The van der Waals surface area contributed by atoms with Crippen LogP contribution in [0.25, 0.3) is 0 Å². The molecule has 0 radical (unpaired) electrons. The summed E-state index contributed by atoms with van der Waals surface area (Å²) in [7, 11) is 0. The minimum absolute atomic E-state index is 0.127. The Kier molecular flexibility index (Phi) is 2.89. The lowest BCUT2D eigenvalue weighted by Gasteiger charge is -2.11. The summed E-state index contributed by atoms with van der Waals surface area (Å²) < 4.78 is 39.5. The molecule has 1 unspecified atom stereocenters. The summed E-state index contributed by atoms with van der Waals surface area (Å²) in [6.45, 7) is 1.32. The summed E-state index contributed by atoms with van der Waals surface area (Å²) in [4.78, 5) is 0. The minimum atomic E-state index is -1.32. The van der Waals surface area contributed by atoms with E-state index in [0.29, 0.717) is 13.0 Å². The van der Waals surface area contributed by atoms with Crippen LogP contribution in [-0.2, 0) is 0 Å². The maximum Gasteiger partial charge on any atom is 0.180 e. The summed E-state index contributed by atoms with van der Waals surface area (Å²) >= 11 is 5.36. The first-order valence-electron chi connectivity index (χ1n) is 4.65. The van der Waals surface area contributed by atoms with Crippen LogP contribution in [0.1, 0.15) is 17.9 Å². The fourth-order valence-corrected chi connectivity index (χ4v) is 2.01. The average Bonchev–Trinajstić information content (AvgIpc) is 2.73. The maximum atomic E-state index is 13.5. The van der Waals surface area contributed by atoms with Crippen molar-refractivity contribution >= 4 is 11.6 Å². The zero-order chi connectivity index (χ0) is 11.0. The molecule has 1 aromatic rings. The second kappa shape index (κ2) is 4.02. The van der Waals surface area contributed by atoms with Crippen molar-refractivity contribution in [2.75, 3.05) is 13.1 Å². The topological polar surface area (TPSA) is 12.0 Å². The summed E-state index contributed by atoms with van der Waals surface area (Å²) in [5, 5.41) is 2.27. The molecule has 1 atom stereocenters. The molecular formula is C10H9ClF3N. The van der Waals surface area contributed by atoms with Crippen molar-refractivity contribution in [2.45, 2.75) is 12.3 Å². The van der Waals surface area contributed by atoms with E-state index in [1.54, 1.807) is 0 Å². The van der Waals surface area contributed by atoms with E-state index >= 15 is 0 Å². The van der Waals surface area contributed by atoms with E-state index in [-0.39, 0.29) is 11.5 Å². The van der Waals surface area contributed by atoms with E-state index < -0.39 is 22.5 Å². The molecule has 82 valence electrons. The first-order valence-corrected chi connectivity index (χ1v) is 5.02. The predicted octanol–water partition coefficient (Wildman–Crippen LogP) is 2.83. The van der Waals surface area contributed by atoms with E-state index in [4.69, 9.17) is 11.6 Å². The third-order valence-corrected chi connectivity index (χ3v) is 2.96. The SMILES string of the molecule is Fc1cc(C2CCNC2)c(F)c(Cl)c1F. The largest absolute Gasteiger partial charge is 0.316 e. The molecule has 1 aromatic carbocycles. The normalized spacial score (nSPS) is 20.9. The highest BCUT2D eigenvalue weighted by Crippen LogP contribution is 2.31. The lowest BCUT2D eigenvalue weighted by molar-refractivity contribution is 0.486. The maximum absolute atomic E-state index is 13.5. The van der Waals surface area contributed by atoms with Crippen molar-refractivity contribution in [1.82, 2.24) is 5.32 Å². The fraction of sp³-hybridized carbons (Fsp3) is 0.400. The molecule has 0 bridgehead atoms. The third-order valence-electron chi connectivity index (χ3n) is 2.63. The van der Waals surface area contributed by atoms with Gasteiger partial charge in [-0.2, -0.15) is 0 Å². The van der Waals surface area contributed by atoms with E-state index in [9.17, 15) is 13.2 Å². The molecule has 1 aliphatic heterocycles. The highest BCUT2D eigenvalue weighted by atomic mass is 35.5. The number of hydrogen-bond donors (Lipinski definition) is 1. The van der Waals surface area contributed by atoms with Crippen molar-refractivity contribution in [3.05, 3.63) is 34.1 Å². The van der Waals surface area contributed by atoms with Crippen molar-refractivity contribution in [2.24, 2.45) is 0 Å². The van der Waals surface area contributed by atoms with Crippen molar-refractivity contribution in [3.8, 4) is 0 Å². The van der Waals surface area contributed by atoms with Crippen molar-refractivity contribution in [3.63, 3.8) is 0 Å². The van der Waals surface area contributed by atoms with Crippen LogP contribution in [0.3, 0.4) is 0 Å². The standard InChI is InChI=1S/C10H9ClF3N/c11-8-9(13)6(3-7(12)10(8)14)5-1-2-15-4-5/h3,5,15H,1-2,4H2. The molecule has 0 aromatic heterocycles. The van der Waals surface area contributed by atoms with Gasteiger partial charge in [-0.1, -0.05) is 11.6 Å². The van der Waals surface area contributed by atoms with Gasteiger partial charge in [-0.05, 0) is 24.6 Å². The van der Waals surface area contributed by atoms with Gasteiger partial charge in [0.2, 0.25) is 0 Å². The van der Waals surface area contributed by atoms with Crippen LogP contribution in [0.4, 0.5) is 13.2 Å². The smallest absolute Gasteiger partial charge is 0.180 e. The Morgan fingerprint density at radius 1 is 1.27 bits per heavy atom. The van der Waals surface area contributed by atoms with E-state index in [2.05, 4.69) is 5.32 Å². The summed E-state index contributed by atoms with van der Waals surface area (Å²) in [6.07, 6.45) is 0.707. The molecule has 1 nitrogen and oxygen atoms in total. The fourth-order valence-electron chi connectivity index (χ4n) is 1.81. The number of benzene rings is 1. The Morgan fingerprint density at radius 2 is 2.00 bits per heavy atom. The quantitative estimate of drug-likeness (QED) is 0.583. The van der Waals surface area contributed by atoms with Crippen LogP contribution < -0.4 is 5.32 Å². The summed E-state index contributed by atoms with van der Waals surface area (Å²) in [5.41, 5.74) is 0.156. The Balaban J connectivity index is 2.47. The first-order chi connectivity index (χ1) is 7.11. The molecule has 1 fully saturated rings. The van der Waals surface area contributed by atoms with E-state index in [0.717, 1.165) is 12.6 Å². The zero-order valence-electron chi connectivity index (χ0n) is 7.79. The molecule has 1 saturated heterocycles. The lowest BCUT2D eigenvalue weighted by atomic mass is 9.97. The van der Waals surface area contributed by atoms with E-state index in [1.165, 1.54) is 0 Å². The Labute approximate surface area is 90.2 Å². The number of hydrogen-bond acceptors (Lipinski definition) is 1. The predicted molar refractivity (Wildman–Crippen MR) is 51.6 cm³/mol. The molecule has 15 heavy (non-hydrogen) atoms. The molecule has 0 aliphatic carbocycles. The monoisotopic (exact) mass is 235 g/mol. The van der Waals surface area contributed by atoms with Gasteiger partial charge in [-0.3, -0.25) is 0 Å². The van der Waals surface area contributed by atoms with Crippen LogP contribution in [0.5, 0.6) is 0 Å². The molecular weight excluding hydrogens is 227 g/mol. The number of nitrogens with one attached hydrogen (secondary N) is 1. The van der Waals surface area contributed by atoms with Crippen LogP contribution >= 0.6 is 11.6 Å². The number of halogens is 4. The third kappa shape index (κ3) is 1.84. The van der Waals surface area contributed by atoms with Crippen LogP contribution in [0.2, 0.25) is 5.02 Å². The van der Waals surface area contributed by atoms with Gasteiger partial charge in [-0.15, -0.1) is 0 Å². The molecule has 0 amide bonds. The minimum Gasteiger partial charge on any atom is -0.316 e. The van der Waals surface area contributed by atoms with Gasteiger partial charge in [0.05, 0.1) is 0 Å². The molecule has 1 N–H and O–H groups in total. The Morgan fingerprint density at radius 3 is 2.60 bits per heavy atom. The van der Waals surface area contributed by atoms with Gasteiger partial charge < -0.3 is 5.32 Å². The Bertz CT molecular complexity index is 389. The second-order valence-corrected chi connectivity index (χ2v) is 3.96. The van der Waals surface area contributed by atoms with Crippen LogP contribution in [0.15, 0.2) is 6.07 Å². The Hall–Kier alpha value is -0.740. The first kappa shape index (κ1) is 10.8. The zero-order valence-corrected chi connectivity index (χ0v) is 8.54. The summed E-state index contributed by atoms with van der Waals surface area (Å²) in [6, 6.07) is 0.897. The van der Waals surface area contributed by atoms with Crippen LogP contribution in [-0.4, -0.2) is 13.1 Å². The molecule has 0 saturated carbocycles. The highest BCUT2D eigenvalue weighted by Gasteiger charge is 2.25. The van der Waals surface area contributed by atoms with Crippen molar-refractivity contribution in [1.29, 1.82) is 0 Å². The van der Waals surface area contributed by atoms with E-state index in [1.807, 2.05) is 0 Å². The average molecular weight is 236 g/mol. The van der Waals surface area contributed by atoms with Gasteiger partial charge in [0.15, 0.2) is 11.6 Å². The van der Waals surface area contributed by atoms with Gasteiger partial charge in [0.25, 0.3) is 0 Å².